The van der Waals surface area contributed by atoms with Crippen molar-refractivity contribution in [3.05, 3.63) is 23.4 Å². The third-order valence-electron chi connectivity index (χ3n) is 1.69. The Kier molecular flexibility index (Phi) is 4.19. The zero-order valence-electron chi connectivity index (χ0n) is 8.11. The molecule has 0 aliphatic rings. The van der Waals surface area contributed by atoms with Crippen molar-refractivity contribution in [2.45, 2.75) is 12.6 Å². The SMILES string of the molecule is Nc1ncc(C(F)(F)F)cc1C#CCCBr. The van der Waals surface area contributed by atoms with Crippen LogP contribution in [0.15, 0.2) is 12.3 Å². The van der Waals surface area contributed by atoms with Crippen LogP contribution < -0.4 is 5.73 Å². The molecule has 0 atom stereocenters. The summed E-state index contributed by atoms with van der Waals surface area (Å²) in [6.07, 6.45) is -3.19. The molecule has 1 aromatic rings. The van der Waals surface area contributed by atoms with Crippen LogP contribution in [0.2, 0.25) is 0 Å². The Morgan fingerprint density at radius 1 is 1.44 bits per heavy atom. The van der Waals surface area contributed by atoms with Crippen molar-refractivity contribution < 1.29 is 13.2 Å². The highest BCUT2D eigenvalue weighted by molar-refractivity contribution is 9.09. The summed E-state index contributed by atoms with van der Waals surface area (Å²) >= 11 is 3.16. The van der Waals surface area contributed by atoms with E-state index in [2.05, 4.69) is 32.8 Å². The lowest BCUT2D eigenvalue weighted by molar-refractivity contribution is -0.137. The second kappa shape index (κ2) is 5.21. The number of hydrogen-bond donors (Lipinski definition) is 1. The maximum Gasteiger partial charge on any atom is 0.417 e. The summed E-state index contributed by atoms with van der Waals surface area (Å²) < 4.78 is 37.1. The Hall–Kier alpha value is -1.22. The summed E-state index contributed by atoms with van der Waals surface area (Å²) in [7, 11) is 0. The molecule has 0 saturated carbocycles. The van der Waals surface area contributed by atoms with Crippen LogP contribution in [-0.4, -0.2) is 10.3 Å². The van der Waals surface area contributed by atoms with Crippen molar-refractivity contribution in [2.24, 2.45) is 0 Å². The molecule has 86 valence electrons. The maximum atomic E-state index is 12.4. The first-order valence-electron chi connectivity index (χ1n) is 4.32. The predicted octanol–water partition coefficient (Wildman–Crippen LogP) is 2.82. The van der Waals surface area contributed by atoms with Crippen molar-refractivity contribution >= 4 is 21.7 Å². The van der Waals surface area contributed by atoms with E-state index >= 15 is 0 Å². The number of nitrogens with two attached hydrogens (primary N) is 1. The van der Waals surface area contributed by atoms with Crippen LogP contribution in [0.25, 0.3) is 0 Å². The molecule has 6 heteroatoms. The van der Waals surface area contributed by atoms with E-state index < -0.39 is 11.7 Å². The van der Waals surface area contributed by atoms with E-state index in [9.17, 15) is 13.2 Å². The van der Waals surface area contributed by atoms with Gasteiger partial charge < -0.3 is 5.73 Å². The van der Waals surface area contributed by atoms with Gasteiger partial charge in [0.1, 0.15) is 5.82 Å². The fourth-order valence-corrected chi connectivity index (χ4v) is 1.13. The number of alkyl halides is 4. The summed E-state index contributed by atoms with van der Waals surface area (Å²) in [4.78, 5) is 3.47. The monoisotopic (exact) mass is 292 g/mol. The molecule has 0 fully saturated rings. The van der Waals surface area contributed by atoms with E-state index in [1.54, 1.807) is 0 Å². The zero-order valence-corrected chi connectivity index (χ0v) is 9.69. The van der Waals surface area contributed by atoms with Gasteiger partial charge in [0.15, 0.2) is 0 Å². The van der Waals surface area contributed by atoms with E-state index in [4.69, 9.17) is 5.73 Å². The van der Waals surface area contributed by atoms with E-state index in [0.29, 0.717) is 17.9 Å². The van der Waals surface area contributed by atoms with Crippen LogP contribution in [0.3, 0.4) is 0 Å². The van der Waals surface area contributed by atoms with E-state index in [1.807, 2.05) is 0 Å². The quantitative estimate of drug-likeness (QED) is 0.639. The molecule has 0 saturated heterocycles. The van der Waals surface area contributed by atoms with E-state index in [1.165, 1.54) is 0 Å². The predicted molar refractivity (Wildman–Crippen MR) is 58.9 cm³/mol. The number of hydrogen-bond acceptors (Lipinski definition) is 2. The molecule has 0 aliphatic heterocycles. The van der Waals surface area contributed by atoms with Crippen molar-refractivity contribution in [3.8, 4) is 11.8 Å². The Morgan fingerprint density at radius 2 is 2.12 bits per heavy atom. The van der Waals surface area contributed by atoms with Gasteiger partial charge in [0, 0.05) is 17.9 Å². The Morgan fingerprint density at radius 3 is 2.69 bits per heavy atom. The van der Waals surface area contributed by atoms with E-state index in [0.717, 1.165) is 6.07 Å². The number of aromatic nitrogens is 1. The molecule has 0 bridgehead atoms. The summed E-state index contributed by atoms with van der Waals surface area (Å²) in [5.74, 6) is 5.25. The molecule has 2 nitrogen and oxygen atoms in total. The van der Waals surface area contributed by atoms with Gasteiger partial charge in [-0.05, 0) is 6.07 Å². The lowest BCUT2D eigenvalue weighted by Crippen LogP contribution is -2.07. The van der Waals surface area contributed by atoms with Crippen molar-refractivity contribution in [2.75, 3.05) is 11.1 Å². The van der Waals surface area contributed by atoms with Gasteiger partial charge in [0.2, 0.25) is 0 Å². The number of nitrogens with zero attached hydrogens (tertiary/aromatic N) is 1. The van der Waals surface area contributed by atoms with Gasteiger partial charge in [-0.1, -0.05) is 27.8 Å². The highest BCUT2D eigenvalue weighted by Gasteiger charge is 2.31. The molecule has 0 spiro atoms. The fraction of sp³-hybridized carbons (Fsp3) is 0.300. The highest BCUT2D eigenvalue weighted by atomic mass is 79.9. The van der Waals surface area contributed by atoms with Crippen LogP contribution in [0.1, 0.15) is 17.5 Å². The summed E-state index contributed by atoms with van der Waals surface area (Å²) in [5.41, 5.74) is 4.69. The second-order valence-corrected chi connectivity index (χ2v) is 3.69. The average Bonchev–Trinajstić information content (AvgIpc) is 2.19. The molecule has 0 radical (unpaired) electrons. The molecule has 0 unspecified atom stereocenters. The van der Waals surface area contributed by atoms with Gasteiger partial charge in [-0.2, -0.15) is 13.2 Å². The summed E-state index contributed by atoms with van der Waals surface area (Å²) in [6, 6.07) is 0.906. The third kappa shape index (κ3) is 3.42. The van der Waals surface area contributed by atoms with Gasteiger partial charge in [0.05, 0.1) is 11.1 Å². The van der Waals surface area contributed by atoms with Gasteiger partial charge in [-0.25, -0.2) is 4.98 Å². The third-order valence-corrected chi connectivity index (χ3v) is 2.08. The minimum Gasteiger partial charge on any atom is -0.383 e. The molecule has 16 heavy (non-hydrogen) atoms. The maximum absolute atomic E-state index is 12.4. The first kappa shape index (κ1) is 12.8. The fourth-order valence-electron chi connectivity index (χ4n) is 0.935. The lowest BCUT2D eigenvalue weighted by Gasteiger charge is -2.06. The number of pyridine rings is 1. The lowest BCUT2D eigenvalue weighted by atomic mass is 10.2. The van der Waals surface area contributed by atoms with Crippen LogP contribution >= 0.6 is 15.9 Å². The summed E-state index contributed by atoms with van der Waals surface area (Å²) in [6.45, 7) is 0. The Labute approximate surface area is 99.2 Å². The van der Waals surface area contributed by atoms with Crippen molar-refractivity contribution in [1.29, 1.82) is 0 Å². The number of halogens is 4. The smallest absolute Gasteiger partial charge is 0.383 e. The molecule has 1 aromatic heterocycles. The molecule has 0 amide bonds. The molecule has 1 heterocycles. The first-order valence-corrected chi connectivity index (χ1v) is 5.45. The van der Waals surface area contributed by atoms with Crippen molar-refractivity contribution in [3.63, 3.8) is 0 Å². The topological polar surface area (TPSA) is 38.9 Å². The van der Waals surface area contributed by atoms with Gasteiger partial charge >= 0.3 is 6.18 Å². The molecule has 0 aromatic carbocycles. The zero-order chi connectivity index (χ0) is 12.2. The first-order chi connectivity index (χ1) is 7.45. The Bertz CT molecular complexity index is 432. The van der Waals surface area contributed by atoms with Crippen LogP contribution in [0.5, 0.6) is 0 Å². The van der Waals surface area contributed by atoms with Crippen LogP contribution in [0.4, 0.5) is 19.0 Å². The summed E-state index contributed by atoms with van der Waals surface area (Å²) in [5, 5.41) is 0.659. The van der Waals surface area contributed by atoms with Gasteiger partial charge in [0.25, 0.3) is 0 Å². The van der Waals surface area contributed by atoms with Gasteiger partial charge in [-0.15, -0.1) is 0 Å². The molecular weight excluding hydrogens is 285 g/mol. The standard InChI is InChI=1S/C10H8BrF3N2/c11-4-2-1-3-7-5-8(10(12,13)14)6-16-9(7)15/h5-6H,2,4H2,(H2,15,16). The largest absolute Gasteiger partial charge is 0.417 e. The minimum atomic E-state index is -4.42. The Balaban J connectivity index is 3.06. The normalized spacial score (nSPS) is 10.8. The molecule has 2 N–H and O–H groups in total. The van der Waals surface area contributed by atoms with Crippen LogP contribution in [0, 0.1) is 11.8 Å². The molecule has 0 aliphatic carbocycles. The van der Waals surface area contributed by atoms with E-state index in [-0.39, 0.29) is 11.4 Å². The minimum absolute atomic E-state index is 0.00933. The van der Waals surface area contributed by atoms with Crippen molar-refractivity contribution in [1.82, 2.24) is 4.98 Å². The molecule has 1 rings (SSSR count). The van der Waals surface area contributed by atoms with Gasteiger partial charge in [-0.3, -0.25) is 0 Å². The number of rotatable bonds is 1. The highest BCUT2D eigenvalue weighted by Crippen LogP contribution is 2.29. The molecular formula is C10H8BrF3N2. The second-order valence-electron chi connectivity index (χ2n) is 2.90. The number of nitrogen functional groups attached to an aromatic ring is 1. The number of anilines is 1. The van der Waals surface area contributed by atoms with Crippen LogP contribution in [-0.2, 0) is 6.18 Å². The average molecular weight is 293 g/mol.